The minimum Gasteiger partial charge on any atom is -0.369 e. The van der Waals surface area contributed by atoms with Gasteiger partial charge in [-0.05, 0) is 43.1 Å². The quantitative estimate of drug-likeness (QED) is 0.194. The number of nitrogens with one attached hydrogen (secondary N) is 3. The van der Waals surface area contributed by atoms with Crippen molar-refractivity contribution in [1.82, 2.24) is 15.5 Å². The summed E-state index contributed by atoms with van der Waals surface area (Å²) in [4.78, 5) is 21.4. The lowest BCUT2D eigenvalue weighted by Gasteiger charge is -2.36. The number of guanidine groups is 1. The van der Waals surface area contributed by atoms with Crippen LogP contribution in [0.4, 0.5) is 11.4 Å². The molecule has 0 bridgehead atoms. The van der Waals surface area contributed by atoms with Crippen LogP contribution in [0.2, 0.25) is 0 Å². The van der Waals surface area contributed by atoms with E-state index in [2.05, 4.69) is 67.1 Å². The van der Waals surface area contributed by atoms with Crippen LogP contribution in [0.1, 0.15) is 30.7 Å². The van der Waals surface area contributed by atoms with Crippen LogP contribution >= 0.6 is 24.0 Å². The predicted molar refractivity (Wildman–Crippen MR) is 152 cm³/mol. The normalized spacial score (nSPS) is 18.5. The molecule has 0 aliphatic carbocycles. The highest BCUT2D eigenvalue weighted by Crippen LogP contribution is 2.31. The lowest BCUT2D eigenvalue weighted by Crippen LogP contribution is -2.46. The maximum Gasteiger partial charge on any atom is 0.225 e. The highest BCUT2D eigenvalue weighted by molar-refractivity contribution is 14.0. The van der Waals surface area contributed by atoms with Gasteiger partial charge in [0.05, 0.1) is 0 Å². The van der Waals surface area contributed by atoms with Gasteiger partial charge in [-0.15, -0.1) is 24.0 Å². The van der Waals surface area contributed by atoms with Crippen LogP contribution in [-0.2, 0) is 4.79 Å². The molecule has 0 radical (unpaired) electrons. The van der Waals surface area contributed by atoms with Gasteiger partial charge in [0.15, 0.2) is 5.96 Å². The van der Waals surface area contributed by atoms with Crippen molar-refractivity contribution in [2.24, 2.45) is 4.99 Å². The summed E-state index contributed by atoms with van der Waals surface area (Å²) < 4.78 is 0. The van der Waals surface area contributed by atoms with Crippen LogP contribution in [-0.4, -0.2) is 69.6 Å². The number of fused-ring (bicyclic) bond motifs is 1. The van der Waals surface area contributed by atoms with Gasteiger partial charge in [0, 0.05) is 70.0 Å². The molecule has 2 aliphatic rings. The molecule has 1 atom stereocenters. The second-order valence-corrected chi connectivity index (χ2v) is 8.79. The van der Waals surface area contributed by atoms with Crippen molar-refractivity contribution in [3.63, 3.8) is 0 Å². The van der Waals surface area contributed by atoms with Crippen molar-refractivity contribution in [2.45, 2.75) is 25.2 Å². The Morgan fingerprint density at radius 3 is 2.50 bits per heavy atom. The molecule has 4 rings (SSSR count). The van der Waals surface area contributed by atoms with E-state index >= 15 is 0 Å². The fraction of sp³-hybridized carbons (Fsp3) is 0.462. The van der Waals surface area contributed by atoms with Crippen LogP contribution < -0.4 is 20.9 Å². The summed E-state index contributed by atoms with van der Waals surface area (Å²) in [5, 5.41) is 9.78. The summed E-state index contributed by atoms with van der Waals surface area (Å²) >= 11 is 0. The number of para-hydroxylation sites is 2. The number of piperazine rings is 1. The minimum atomic E-state index is 0. The molecule has 184 valence electrons. The molecule has 1 amide bonds. The summed E-state index contributed by atoms with van der Waals surface area (Å²) in [6, 6.07) is 18.7. The first kappa shape index (κ1) is 26.3. The summed E-state index contributed by atoms with van der Waals surface area (Å²) in [6.07, 6.45) is 2.78. The van der Waals surface area contributed by atoms with Crippen molar-refractivity contribution in [2.75, 3.05) is 63.1 Å². The maximum absolute atomic E-state index is 12.0. The van der Waals surface area contributed by atoms with Gasteiger partial charge in [-0.25, -0.2) is 0 Å². The number of halogens is 1. The number of carbonyl (C=O) groups is 1. The number of hydrogen-bond donors (Lipinski definition) is 3. The van der Waals surface area contributed by atoms with Crippen LogP contribution in [0.25, 0.3) is 0 Å². The molecular formula is C26H37IN6O. The first-order chi connectivity index (χ1) is 16.2. The van der Waals surface area contributed by atoms with Gasteiger partial charge in [-0.2, -0.15) is 0 Å². The van der Waals surface area contributed by atoms with Crippen molar-refractivity contribution in [3.8, 4) is 0 Å². The molecule has 1 fully saturated rings. The highest BCUT2D eigenvalue weighted by atomic mass is 127. The largest absolute Gasteiger partial charge is 0.369 e. The van der Waals surface area contributed by atoms with Crippen molar-refractivity contribution < 1.29 is 4.79 Å². The zero-order valence-electron chi connectivity index (χ0n) is 20.0. The van der Waals surface area contributed by atoms with E-state index in [1.165, 1.54) is 17.7 Å². The number of anilines is 2. The Bertz CT molecular complexity index is 930. The summed E-state index contributed by atoms with van der Waals surface area (Å²) in [5.74, 6) is 1.03. The SMILES string of the molecule is CN=C(NCCCCN1CCN(c2ccccc2)CC1)NCC1CC(=O)Nc2ccccc21.I. The van der Waals surface area contributed by atoms with E-state index < -0.39 is 0 Å². The van der Waals surface area contributed by atoms with Gasteiger partial charge in [-0.3, -0.25) is 14.7 Å². The molecule has 2 aliphatic heterocycles. The third kappa shape index (κ3) is 7.33. The second kappa shape index (κ2) is 13.5. The van der Waals surface area contributed by atoms with Crippen LogP contribution in [0.3, 0.4) is 0 Å². The number of nitrogens with zero attached hydrogens (tertiary/aromatic N) is 3. The topological polar surface area (TPSA) is 72.0 Å². The van der Waals surface area contributed by atoms with E-state index in [1.54, 1.807) is 7.05 Å². The molecule has 2 aromatic rings. The Kier molecular flexibility index (Phi) is 10.5. The standard InChI is InChI=1S/C26H36N6O.HI/c1-27-26(29-20-21-19-25(33)30-24-12-6-5-11-23(21)24)28-13-7-8-14-31-15-17-32(18-16-31)22-9-3-2-4-10-22;/h2-6,9-12,21H,7-8,13-20H2,1H3,(H,30,33)(H2,27,28,29);1H. The molecule has 0 saturated carbocycles. The molecule has 34 heavy (non-hydrogen) atoms. The maximum atomic E-state index is 12.0. The molecule has 2 heterocycles. The van der Waals surface area contributed by atoms with Crippen molar-refractivity contribution >= 4 is 47.2 Å². The number of rotatable bonds is 8. The summed E-state index contributed by atoms with van der Waals surface area (Å²) in [7, 11) is 1.79. The number of benzene rings is 2. The van der Waals surface area contributed by atoms with Gasteiger partial charge in [0.1, 0.15) is 0 Å². The van der Waals surface area contributed by atoms with E-state index in [-0.39, 0.29) is 35.8 Å². The van der Waals surface area contributed by atoms with E-state index in [4.69, 9.17) is 0 Å². The molecule has 0 spiro atoms. The Hall–Kier alpha value is -2.33. The first-order valence-corrected chi connectivity index (χ1v) is 12.1. The first-order valence-electron chi connectivity index (χ1n) is 12.1. The Morgan fingerprint density at radius 1 is 1.00 bits per heavy atom. The van der Waals surface area contributed by atoms with Crippen molar-refractivity contribution in [3.05, 3.63) is 60.2 Å². The summed E-state index contributed by atoms with van der Waals surface area (Å²) in [5.41, 5.74) is 3.44. The van der Waals surface area contributed by atoms with Crippen LogP contribution in [0, 0.1) is 0 Å². The second-order valence-electron chi connectivity index (χ2n) is 8.79. The molecule has 0 aromatic heterocycles. The average molecular weight is 577 g/mol. The van der Waals surface area contributed by atoms with Crippen LogP contribution in [0.15, 0.2) is 59.6 Å². The van der Waals surface area contributed by atoms with Gasteiger partial charge < -0.3 is 20.9 Å². The smallest absolute Gasteiger partial charge is 0.225 e. The van der Waals surface area contributed by atoms with Gasteiger partial charge in [-0.1, -0.05) is 36.4 Å². The number of amides is 1. The van der Waals surface area contributed by atoms with Crippen molar-refractivity contribution in [1.29, 1.82) is 0 Å². The Balaban J connectivity index is 0.00000324. The van der Waals surface area contributed by atoms with Gasteiger partial charge >= 0.3 is 0 Å². The van der Waals surface area contributed by atoms with Crippen LogP contribution in [0.5, 0.6) is 0 Å². The number of unbranched alkanes of at least 4 members (excludes halogenated alkanes) is 1. The van der Waals surface area contributed by atoms with E-state index in [9.17, 15) is 4.79 Å². The minimum absolute atomic E-state index is 0. The number of aliphatic imine (C=N–C) groups is 1. The highest BCUT2D eigenvalue weighted by Gasteiger charge is 2.24. The fourth-order valence-corrected chi connectivity index (χ4v) is 4.66. The van der Waals surface area contributed by atoms with E-state index in [0.717, 1.165) is 57.3 Å². The zero-order chi connectivity index (χ0) is 22.9. The molecule has 1 saturated heterocycles. The Morgan fingerprint density at radius 2 is 1.74 bits per heavy atom. The molecule has 8 heteroatoms. The molecule has 3 N–H and O–H groups in total. The van der Waals surface area contributed by atoms with E-state index in [0.29, 0.717) is 13.0 Å². The molecule has 1 unspecified atom stereocenters. The third-order valence-electron chi connectivity index (χ3n) is 6.53. The van der Waals surface area contributed by atoms with E-state index in [1.807, 2.05) is 18.2 Å². The third-order valence-corrected chi connectivity index (χ3v) is 6.53. The number of hydrogen-bond acceptors (Lipinski definition) is 4. The molecule has 7 nitrogen and oxygen atoms in total. The summed E-state index contributed by atoms with van der Waals surface area (Å²) in [6.45, 7) is 7.18. The zero-order valence-corrected chi connectivity index (χ0v) is 22.3. The molecule has 2 aromatic carbocycles. The fourth-order valence-electron chi connectivity index (χ4n) is 4.66. The number of carbonyl (C=O) groups excluding carboxylic acids is 1. The average Bonchev–Trinajstić information content (AvgIpc) is 2.86. The van der Waals surface area contributed by atoms with Gasteiger partial charge in [0.2, 0.25) is 5.91 Å². The lowest BCUT2D eigenvalue weighted by molar-refractivity contribution is -0.116. The molecular weight excluding hydrogens is 539 g/mol. The monoisotopic (exact) mass is 576 g/mol. The Labute approximate surface area is 220 Å². The lowest BCUT2D eigenvalue weighted by atomic mass is 9.90. The predicted octanol–water partition coefficient (Wildman–Crippen LogP) is 3.50. The van der Waals surface area contributed by atoms with Gasteiger partial charge in [0.25, 0.3) is 0 Å².